The van der Waals surface area contributed by atoms with Crippen molar-refractivity contribution in [1.29, 1.82) is 0 Å². The van der Waals surface area contributed by atoms with Gasteiger partial charge >= 0.3 is 0 Å². The van der Waals surface area contributed by atoms with Gasteiger partial charge in [0.15, 0.2) is 0 Å². The van der Waals surface area contributed by atoms with Crippen LogP contribution in [0.25, 0.3) is 11.1 Å². The molecule has 1 aromatic heterocycles. The number of allylic oxidation sites excluding steroid dienone is 3. The standard InChI is InChI=1S/C24H28N2O3.C2H6/c1-18-14-22(21-7-3-8-23(27)16-21)17-26-24(18)25-10-9-20-6-4-11-28-12-5-13-29-19(2)15-20;1-2/h3-4,6-10,14-17,19,27H,5,11-13H2,1-2H3,(H,25,26);1-2H3/b6-4-,10-9+,20-15+;. The second-order valence-corrected chi connectivity index (χ2v) is 6.99. The van der Waals surface area contributed by atoms with Crippen molar-refractivity contribution in [3.8, 4) is 16.9 Å². The molecule has 1 aliphatic heterocycles. The third-order valence-corrected chi connectivity index (χ3v) is 4.52. The average molecular weight is 423 g/mol. The summed E-state index contributed by atoms with van der Waals surface area (Å²) in [4.78, 5) is 4.53. The molecule has 3 rings (SSSR count). The maximum absolute atomic E-state index is 9.67. The van der Waals surface area contributed by atoms with E-state index in [4.69, 9.17) is 9.47 Å². The summed E-state index contributed by atoms with van der Waals surface area (Å²) in [5, 5.41) is 12.9. The Bertz CT molecular complexity index is 903. The van der Waals surface area contributed by atoms with Gasteiger partial charge in [-0.15, -0.1) is 0 Å². The molecule has 166 valence electrons. The van der Waals surface area contributed by atoms with E-state index in [1.165, 1.54) is 0 Å². The lowest BCUT2D eigenvalue weighted by molar-refractivity contribution is 0.0701. The predicted molar refractivity (Wildman–Crippen MR) is 128 cm³/mol. The second-order valence-electron chi connectivity index (χ2n) is 6.99. The summed E-state index contributed by atoms with van der Waals surface area (Å²) in [6.07, 6.45) is 12.8. The Labute approximate surface area is 186 Å². The largest absolute Gasteiger partial charge is 0.508 e. The number of pyridine rings is 1. The van der Waals surface area contributed by atoms with Crippen molar-refractivity contribution < 1.29 is 14.6 Å². The molecule has 0 bridgehead atoms. The number of phenols is 1. The highest BCUT2D eigenvalue weighted by Gasteiger charge is 2.04. The molecule has 1 atom stereocenters. The first kappa shape index (κ1) is 24.4. The van der Waals surface area contributed by atoms with E-state index in [1.54, 1.807) is 18.3 Å². The molecule has 0 amide bonds. The Morgan fingerprint density at radius 2 is 2.00 bits per heavy atom. The Hall–Kier alpha value is -2.89. The molecule has 31 heavy (non-hydrogen) atoms. The minimum absolute atomic E-state index is 0.0406. The Morgan fingerprint density at radius 1 is 1.16 bits per heavy atom. The number of nitrogens with zero attached hydrogens (tertiary/aromatic N) is 1. The van der Waals surface area contributed by atoms with Crippen LogP contribution < -0.4 is 5.32 Å². The Kier molecular flexibility index (Phi) is 10.6. The van der Waals surface area contributed by atoms with Gasteiger partial charge < -0.3 is 19.9 Å². The van der Waals surface area contributed by atoms with Crippen LogP contribution in [0.1, 0.15) is 32.8 Å². The number of aryl methyl sites for hydroxylation is 1. The van der Waals surface area contributed by atoms with E-state index in [1.807, 2.05) is 64.3 Å². The van der Waals surface area contributed by atoms with Crippen LogP contribution in [0.15, 0.2) is 72.6 Å². The lowest BCUT2D eigenvalue weighted by atomic mass is 10.1. The van der Waals surface area contributed by atoms with Crippen molar-refractivity contribution in [3.05, 3.63) is 78.2 Å². The highest BCUT2D eigenvalue weighted by molar-refractivity contribution is 5.67. The predicted octanol–water partition coefficient (Wildman–Crippen LogP) is 6.02. The number of phenolic OH excluding ortho intramolecular Hbond substituents is 1. The van der Waals surface area contributed by atoms with Crippen molar-refractivity contribution in [1.82, 2.24) is 4.98 Å². The fourth-order valence-electron chi connectivity index (χ4n) is 3.04. The molecule has 5 nitrogen and oxygen atoms in total. The van der Waals surface area contributed by atoms with Crippen LogP contribution in [0, 0.1) is 6.92 Å². The van der Waals surface area contributed by atoms with Gasteiger partial charge in [0.05, 0.1) is 12.7 Å². The van der Waals surface area contributed by atoms with Crippen LogP contribution in [0.2, 0.25) is 0 Å². The monoisotopic (exact) mass is 422 g/mol. The summed E-state index contributed by atoms with van der Waals surface area (Å²) in [6.45, 7) is 10.1. The van der Waals surface area contributed by atoms with Crippen LogP contribution in [-0.2, 0) is 9.47 Å². The number of benzene rings is 1. The fourth-order valence-corrected chi connectivity index (χ4v) is 3.04. The van der Waals surface area contributed by atoms with E-state index in [-0.39, 0.29) is 11.9 Å². The quantitative estimate of drug-likeness (QED) is 0.630. The van der Waals surface area contributed by atoms with Gasteiger partial charge in [0, 0.05) is 31.2 Å². The molecule has 0 radical (unpaired) electrons. The smallest absolute Gasteiger partial charge is 0.132 e. The van der Waals surface area contributed by atoms with Crippen LogP contribution in [0.4, 0.5) is 5.82 Å². The molecular formula is C26H34N2O3. The van der Waals surface area contributed by atoms with E-state index < -0.39 is 0 Å². The zero-order valence-electron chi connectivity index (χ0n) is 19.0. The average Bonchev–Trinajstić information content (AvgIpc) is 2.82. The second kappa shape index (κ2) is 13.4. The number of ether oxygens (including phenoxy) is 2. The van der Waals surface area contributed by atoms with E-state index in [2.05, 4.69) is 22.4 Å². The van der Waals surface area contributed by atoms with Crippen molar-refractivity contribution >= 4 is 5.82 Å². The number of nitrogens with one attached hydrogen (secondary N) is 1. The third kappa shape index (κ3) is 8.40. The highest BCUT2D eigenvalue weighted by atomic mass is 16.5. The minimum Gasteiger partial charge on any atom is -0.508 e. The number of hydrogen-bond acceptors (Lipinski definition) is 5. The lowest BCUT2D eigenvalue weighted by Gasteiger charge is -2.09. The molecule has 0 fully saturated rings. The van der Waals surface area contributed by atoms with Gasteiger partial charge in [-0.25, -0.2) is 4.98 Å². The first-order chi connectivity index (χ1) is 15.1. The number of hydrogen-bond donors (Lipinski definition) is 2. The first-order valence-corrected chi connectivity index (χ1v) is 10.9. The summed E-state index contributed by atoms with van der Waals surface area (Å²) in [5.41, 5.74) is 3.97. The van der Waals surface area contributed by atoms with Crippen molar-refractivity contribution in [2.75, 3.05) is 25.1 Å². The minimum atomic E-state index is 0.0406. The van der Waals surface area contributed by atoms with Crippen molar-refractivity contribution in [3.63, 3.8) is 0 Å². The van der Waals surface area contributed by atoms with Crippen LogP contribution in [0.3, 0.4) is 0 Å². The van der Waals surface area contributed by atoms with Crippen LogP contribution >= 0.6 is 0 Å². The molecule has 0 spiro atoms. The van der Waals surface area contributed by atoms with E-state index in [0.717, 1.165) is 34.5 Å². The third-order valence-electron chi connectivity index (χ3n) is 4.52. The highest BCUT2D eigenvalue weighted by Crippen LogP contribution is 2.25. The SMILES string of the molecule is CC.Cc1cc(-c2cccc(O)c2)cnc1N/C=C/C1=C/C(C)OCCCOC/C=C\1. The topological polar surface area (TPSA) is 63.6 Å². The molecule has 1 aromatic carbocycles. The molecule has 1 unspecified atom stereocenters. The van der Waals surface area contributed by atoms with E-state index in [0.29, 0.717) is 19.8 Å². The van der Waals surface area contributed by atoms with Gasteiger partial charge in [-0.05, 0) is 67.3 Å². The van der Waals surface area contributed by atoms with Gasteiger partial charge in [0.2, 0.25) is 0 Å². The summed E-state index contributed by atoms with van der Waals surface area (Å²) in [6, 6.07) is 9.23. The number of anilines is 1. The molecule has 2 heterocycles. The molecule has 2 aromatic rings. The van der Waals surface area contributed by atoms with Crippen LogP contribution in [-0.4, -0.2) is 36.0 Å². The molecule has 2 N–H and O–H groups in total. The zero-order valence-corrected chi connectivity index (χ0v) is 19.0. The Morgan fingerprint density at radius 3 is 2.77 bits per heavy atom. The van der Waals surface area contributed by atoms with Gasteiger partial charge in [-0.1, -0.05) is 38.1 Å². The fraction of sp³-hybridized carbons (Fsp3) is 0.346. The summed E-state index contributed by atoms with van der Waals surface area (Å²) in [5.74, 6) is 1.04. The zero-order chi connectivity index (χ0) is 22.5. The first-order valence-electron chi connectivity index (χ1n) is 10.9. The molecule has 0 saturated carbocycles. The van der Waals surface area contributed by atoms with Gasteiger partial charge in [0.1, 0.15) is 11.6 Å². The Balaban J connectivity index is 0.00000166. The van der Waals surface area contributed by atoms with Crippen molar-refractivity contribution in [2.45, 2.75) is 40.2 Å². The van der Waals surface area contributed by atoms with Gasteiger partial charge in [-0.3, -0.25) is 0 Å². The van der Waals surface area contributed by atoms with Gasteiger partial charge in [0.25, 0.3) is 0 Å². The number of rotatable bonds is 4. The normalized spacial score (nSPS) is 20.0. The number of aromatic nitrogens is 1. The molecule has 1 aliphatic rings. The summed E-state index contributed by atoms with van der Waals surface area (Å²) >= 11 is 0. The van der Waals surface area contributed by atoms with E-state index in [9.17, 15) is 5.11 Å². The maximum Gasteiger partial charge on any atom is 0.132 e. The molecular weight excluding hydrogens is 388 g/mol. The lowest BCUT2D eigenvalue weighted by Crippen LogP contribution is -2.08. The number of aromatic hydroxyl groups is 1. The maximum atomic E-state index is 9.67. The molecule has 5 heteroatoms. The van der Waals surface area contributed by atoms with E-state index >= 15 is 0 Å². The van der Waals surface area contributed by atoms with Crippen molar-refractivity contribution in [2.24, 2.45) is 0 Å². The van der Waals surface area contributed by atoms with Gasteiger partial charge in [-0.2, -0.15) is 0 Å². The molecule has 0 saturated heterocycles. The summed E-state index contributed by atoms with van der Waals surface area (Å²) < 4.78 is 11.3. The summed E-state index contributed by atoms with van der Waals surface area (Å²) in [7, 11) is 0. The van der Waals surface area contributed by atoms with Crippen LogP contribution in [0.5, 0.6) is 5.75 Å². The molecule has 0 aliphatic carbocycles.